The highest BCUT2D eigenvalue weighted by atomic mass is 16.5. The van der Waals surface area contributed by atoms with Crippen molar-refractivity contribution in [1.29, 1.82) is 0 Å². The molecule has 0 aliphatic heterocycles. The molecule has 0 bridgehead atoms. The van der Waals surface area contributed by atoms with Gasteiger partial charge in [0.15, 0.2) is 11.5 Å². The van der Waals surface area contributed by atoms with Gasteiger partial charge in [-0.25, -0.2) is 0 Å². The summed E-state index contributed by atoms with van der Waals surface area (Å²) in [5.74, 6) is 1.37. The lowest BCUT2D eigenvalue weighted by molar-refractivity contribution is -0.132. The van der Waals surface area contributed by atoms with Gasteiger partial charge in [-0.3, -0.25) is 14.6 Å². The van der Waals surface area contributed by atoms with Crippen LogP contribution >= 0.6 is 0 Å². The lowest BCUT2D eigenvalue weighted by atomic mass is 10.1. The van der Waals surface area contributed by atoms with Crippen molar-refractivity contribution in [2.75, 3.05) is 19.5 Å². The van der Waals surface area contributed by atoms with Gasteiger partial charge < -0.3 is 25.3 Å². The minimum absolute atomic E-state index is 0.371. The van der Waals surface area contributed by atoms with E-state index < -0.39 is 11.3 Å². The SMILES string of the molecule is COc1cc2nccc(Oc3ccc(NC(=O)C4(C(N)=O)CC4)cc3)c2cc1OC. The normalized spacial score (nSPS) is 14.1. The number of nitrogens with two attached hydrogens (primary N) is 1. The van der Waals surface area contributed by atoms with Crippen molar-refractivity contribution in [3.05, 3.63) is 48.7 Å². The predicted octanol–water partition coefficient (Wildman–Crippen LogP) is 3.25. The quantitative estimate of drug-likeness (QED) is 0.582. The van der Waals surface area contributed by atoms with Crippen LogP contribution in [0.25, 0.3) is 10.9 Å². The Balaban J connectivity index is 1.54. The number of nitrogens with one attached hydrogen (secondary N) is 1. The van der Waals surface area contributed by atoms with Crippen LogP contribution in [0, 0.1) is 5.41 Å². The fraction of sp³-hybridized carbons (Fsp3) is 0.227. The maximum atomic E-state index is 12.3. The van der Waals surface area contributed by atoms with Gasteiger partial charge >= 0.3 is 0 Å². The van der Waals surface area contributed by atoms with E-state index >= 15 is 0 Å². The van der Waals surface area contributed by atoms with Gasteiger partial charge in [-0.1, -0.05) is 0 Å². The summed E-state index contributed by atoms with van der Waals surface area (Å²) in [5, 5.41) is 3.51. The van der Waals surface area contributed by atoms with Gasteiger partial charge in [0.2, 0.25) is 11.8 Å². The molecule has 154 valence electrons. The molecule has 8 nitrogen and oxygen atoms in total. The Hall–Kier alpha value is -3.81. The van der Waals surface area contributed by atoms with Crippen LogP contribution in [0.4, 0.5) is 5.69 Å². The predicted molar refractivity (Wildman–Crippen MR) is 111 cm³/mol. The van der Waals surface area contributed by atoms with Crippen LogP contribution in [0.15, 0.2) is 48.7 Å². The van der Waals surface area contributed by atoms with E-state index in [1.54, 1.807) is 56.8 Å². The Morgan fingerprint density at radius 2 is 1.67 bits per heavy atom. The van der Waals surface area contributed by atoms with E-state index in [0.29, 0.717) is 47.0 Å². The van der Waals surface area contributed by atoms with Crippen LogP contribution in [-0.2, 0) is 9.59 Å². The molecule has 30 heavy (non-hydrogen) atoms. The molecule has 2 amide bonds. The van der Waals surface area contributed by atoms with E-state index in [9.17, 15) is 9.59 Å². The molecule has 1 aromatic heterocycles. The molecule has 1 saturated carbocycles. The molecule has 2 aromatic carbocycles. The number of ether oxygens (including phenoxy) is 3. The van der Waals surface area contributed by atoms with E-state index in [4.69, 9.17) is 19.9 Å². The molecule has 1 heterocycles. The second-order valence-electron chi connectivity index (χ2n) is 7.06. The average Bonchev–Trinajstić information content (AvgIpc) is 3.57. The highest BCUT2D eigenvalue weighted by Gasteiger charge is 2.55. The first-order valence-corrected chi connectivity index (χ1v) is 9.37. The Labute approximate surface area is 172 Å². The zero-order valence-corrected chi connectivity index (χ0v) is 16.6. The lowest BCUT2D eigenvalue weighted by Crippen LogP contribution is -2.36. The number of fused-ring (bicyclic) bond motifs is 1. The summed E-state index contributed by atoms with van der Waals surface area (Å²) < 4.78 is 16.7. The molecule has 8 heteroatoms. The summed E-state index contributed by atoms with van der Waals surface area (Å²) in [6.07, 6.45) is 2.62. The van der Waals surface area contributed by atoms with Crippen molar-refractivity contribution in [3.63, 3.8) is 0 Å². The Bertz CT molecular complexity index is 1120. The van der Waals surface area contributed by atoms with E-state index in [0.717, 1.165) is 5.39 Å². The standard InChI is InChI=1S/C22H21N3O5/c1-28-18-11-15-16(12-19(18)29-2)24-10-7-17(15)30-14-5-3-13(4-6-14)25-21(27)22(8-9-22)20(23)26/h3-7,10-12H,8-9H2,1-2H3,(H2,23,26)(H,25,27). The minimum atomic E-state index is -1.06. The third-order valence-electron chi connectivity index (χ3n) is 5.20. The topological polar surface area (TPSA) is 113 Å². The van der Waals surface area contributed by atoms with Gasteiger partial charge in [-0.2, -0.15) is 0 Å². The van der Waals surface area contributed by atoms with Crippen LogP contribution in [0.2, 0.25) is 0 Å². The van der Waals surface area contributed by atoms with Crippen LogP contribution < -0.4 is 25.3 Å². The second-order valence-corrected chi connectivity index (χ2v) is 7.06. The molecule has 4 rings (SSSR count). The molecule has 0 spiro atoms. The van der Waals surface area contributed by atoms with Crippen LogP contribution in [0.3, 0.4) is 0 Å². The number of rotatable bonds is 7. The molecule has 0 unspecified atom stereocenters. The van der Waals surface area contributed by atoms with E-state index in [2.05, 4.69) is 10.3 Å². The largest absolute Gasteiger partial charge is 0.493 e. The zero-order chi connectivity index (χ0) is 21.3. The maximum absolute atomic E-state index is 12.3. The Kier molecular flexibility index (Phi) is 4.91. The number of hydrogen-bond donors (Lipinski definition) is 2. The van der Waals surface area contributed by atoms with Crippen molar-refractivity contribution >= 4 is 28.4 Å². The van der Waals surface area contributed by atoms with Gasteiger partial charge in [0.05, 0.1) is 19.7 Å². The molecule has 1 aliphatic rings. The van der Waals surface area contributed by atoms with Crippen LogP contribution in [-0.4, -0.2) is 31.0 Å². The number of pyridine rings is 1. The monoisotopic (exact) mass is 407 g/mol. The molecular formula is C22H21N3O5. The maximum Gasteiger partial charge on any atom is 0.240 e. The van der Waals surface area contributed by atoms with E-state index in [-0.39, 0.29) is 5.91 Å². The minimum Gasteiger partial charge on any atom is -0.493 e. The molecule has 1 aliphatic carbocycles. The van der Waals surface area contributed by atoms with E-state index in [1.807, 2.05) is 6.07 Å². The van der Waals surface area contributed by atoms with Gasteiger partial charge in [0.1, 0.15) is 16.9 Å². The summed E-state index contributed by atoms with van der Waals surface area (Å²) >= 11 is 0. The van der Waals surface area contributed by atoms with Crippen molar-refractivity contribution in [1.82, 2.24) is 4.98 Å². The lowest BCUT2D eigenvalue weighted by Gasteiger charge is -2.13. The average molecular weight is 407 g/mol. The third-order valence-corrected chi connectivity index (χ3v) is 5.20. The highest BCUT2D eigenvalue weighted by molar-refractivity contribution is 6.12. The number of carbonyl (C=O) groups is 2. The molecular weight excluding hydrogens is 386 g/mol. The smallest absolute Gasteiger partial charge is 0.240 e. The highest BCUT2D eigenvalue weighted by Crippen LogP contribution is 2.46. The van der Waals surface area contributed by atoms with Gasteiger partial charge in [0, 0.05) is 23.3 Å². The molecule has 0 saturated heterocycles. The van der Waals surface area contributed by atoms with Crippen molar-refractivity contribution < 1.29 is 23.8 Å². The molecule has 3 N–H and O–H groups in total. The van der Waals surface area contributed by atoms with Gasteiger partial charge in [-0.05, 0) is 49.2 Å². The van der Waals surface area contributed by atoms with Gasteiger partial charge in [-0.15, -0.1) is 0 Å². The fourth-order valence-electron chi connectivity index (χ4n) is 3.23. The van der Waals surface area contributed by atoms with E-state index in [1.165, 1.54) is 0 Å². The summed E-state index contributed by atoms with van der Waals surface area (Å²) in [6.45, 7) is 0. The number of amides is 2. The van der Waals surface area contributed by atoms with Crippen LogP contribution in [0.1, 0.15) is 12.8 Å². The summed E-state index contributed by atoms with van der Waals surface area (Å²) in [6, 6.07) is 12.2. The first-order chi connectivity index (χ1) is 14.5. The Morgan fingerprint density at radius 3 is 2.27 bits per heavy atom. The molecule has 1 fully saturated rings. The molecule has 0 radical (unpaired) electrons. The first kappa shape index (κ1) is 19.5. The number of methoxy groups -OCH3 is 2. The first-order valence-electron chi connectivity index (χ1n) is 9.37. The number of aromatic nitrogens is 1. The van der Waals surface area contributed by atoms with Crippen molar-refractivity contribution in [3.8, 4) is 23.0 Å². The number of carbonyl (C=O) groups excluding carboxylic acids is 2. The number of anilines is 1. The number of hydrogen-bond acceptors (Lipinski definition) is 6. The second kappa shape index (κ2) is 7.55. The number of nitrogens with zero attached hydrogens (tertiary/aromatic N) is 1. The fourth-order valence-corrected chi connectivity index (χ4v) is 3.23. The third kappa shape index (κ3) is 3.47. The van der Waals surface area contributed by atoms with Gasteiger partial charge in [0.25, 0.3) is 0 Å². The number of benzene rings is 2. The summed E-state index contributed by atoms with van der Waals surface area (Å²) in [7, 11) is 3.14. The summed E-state index contributed by atoms with van der Waals surface area (Å²) in [4.78, 5) is 28.1. The van der Waals surface area contributed by atoms with Crippen molar-refractivity contribution in [2.45, 2.75) is 12.8 Å². The molecule has 3 aromatic rings. The van der Waals surface area contributed by atoms with Crippen LogP contribution in [0.5, 0.6) is 23.0 Å². The number of primary amides is 1. The Morgan fingerprint density at radius 1 is 1.00 bits per heavy atom. The molecule has 0 atom stereocenters. The van der Waals surface area contributed by atoms with Crippen molar-refractivity contribution in [2.24, 2.45) is 11.1 Å². The zero-order valence-electron chi connectivity index (χ0n) is 16.6. The summed E-state index contributed by atoms with van der Waals surface area (Å²) in [5.41, 5.74) is 5.54.